The van der Waals surface area contributed by atoms with E-state index in [9.17, 15) is 4.79 Å². The van der Waals surface area contributed by atoms with Crippen LogP contribution >= 0.6 is 46.6 Å². The Bertz CT molecular complexity index is 631. The maximum Gasteiger partial charge on any atom is 0.252 e. The van der Waals surface area contributed by atoms with Crippen LogP contribution in [0.3, 0.4) is 0 Å². The van der Waals surface area contributed by atoms with Crippen molar-refractivity contribution in [2.24, 2.45) is 0 Å². The molecule has 1 N–H and O–H groups in total. The van der Waals surface area contributed by atoms with E-state index >= 15 is 0 Å². The van der Waals surface area contributed by atoms with E-state index in [1.165, 1.54) is 0 Å². The van der Waals surface area contributed by atoms with Gasteiger partial charge in [0.25, 0.3) is 5.91 Å². The van der Waals surface area contributed by atoms with Gasteiger partial charge in [0.1, 0.15) is 0 Å². The summed E-state index contributed by atoms with van der Waals surface area (Å²) in [7, 11) is 0. The fraction of sp³-hybridized carbons (Fsp3) is 0.133. The van der Waals surface area contributed by atoms with Crippen LogP contribution in [0.25, 0.3) is 0 Å². The molecule has 6 heteroatoms. The summed E-state index contributed by atoms with van der Waals surface area (Å²) in [5, 5.41) is 4.41. The summed E-state index contributed by atoms with van der Waals surface area (Å²) in [4.78, 5) is 13.1. The molecule has 0 aliphatic rings. The van der Waals surface area contributed by atoms with Crippen molar-refractivity contribution in [3.05, 3.63) is 63.1 Å². The molecule has 0 saturated carbocycles. The van der Waals surface area contributed by atoms with Crippen molar-refractivity contribution in [2.75, 3.05) is 12.3 Å². The van der Waals surface area contributed by atoms with Crippen molar-refractivity contribution in [1.29, 1.82) is 0 Å². The third-order valence-electron chi connectivity index (χ3n) is 2.64. The molecule has 21 heavy (non-hydrogen) atoms. The summed E-state index contributed by atoms with van der Waals surface area (Å²) < 4.78 is 0. The Morgan fingerprint density at radius 2 is 1.67 bits per heavy atom. The number of hydrogen-bond donors (Lipinski definition) is 1. The van der Waals surface area contributed by atoms with Crippen molar-refractivity contribution in [1.82, 2.24) is 5.32 Å². The topological polar surface area (TPSA) is 29.1 Å². The second kappa shape index (κ2) is 7.95. The van der Waals surface area contributed by atoms with Gasteiger partial charge < -0.3 is 5.32 Å². The minimum atomic E-state index is -0.223. The molecule has 0 saturated heterocycles. The normalized spacial score (nSPS) is 10.4. The summed E-state index contributed by atoms with van der Waals surface area (Å²) in [6, 6.07) is 12.4. The molecule has 0 unspecified atom stereocenters. The van der Waals surface area contributed by atoms with Crippen molar-refractivity contribution in [2.45, 2.75) is 4.90 Å². The van der Waals surface area contributed by atoms with E-state index in [0.29, 0.717) is 27.2 Å². The lowest BCUT2D eigenvalue weighted by atomic mass is 10.2. The number of amides is 1. The number of carbonyl (C=O) groups is 1. The van der Waals surface area contributed by atoms with Crippen LogP contribution in [0, 0.1) is 0 Å². The molecule has 2 aromatic rings. The van der Waals surface area contributed by atoms with Gasteiger partial charge in [-0.1, -0.05) is 34.8 Å². The minimum absolute atomic E-state index is 0.223. The Balaban J connectivity index is 1.81. The Morgan fingerprint density at radius 1 is 1.00 bits per heavy atom. The maximum atomic E-state index is 12.0. The molecule has 0 heterocycles. The largest absolute Gasteiger partial charge is 0.351 e. The lowest BCUT2D eigenvalue weighted by Gasteiger charge is -2.07. The third kappa shape index (κ3) is 5.11. The minimum Gasteiger partial charge on any atom is -0.351 e. The monoisotopic (exact) mass is 359 g/mol. The van der Waals surface area contributed by atoms with E-state index in [2.05, 4.69) is 5.32 Å². The van der Waals surface area contributed by atoms with Gasteiger partial charge in [-0.2, -0.15) is 0 Å². The fourth-order valence-corrected chi connectivity index (χ4v) is 2.90. The van der Waals surface area contributed by atoms with Crippen LogP contribution in [0.4, 0.5) is 0 Å². The van der Waals surface area contributed by atoms with Crippen molar-refractivity contribution in [3.8, 4) is 0 Å². The van der Waals surface area contributed by atoms with E-state index in [1.54, 1.807) is 30.0 Å². The molecule has 1 amide bonds. The number of carbonyl (C=O) groups excluding carboxylic acids is 1. The molecule has 0 spiro atoms. The maximum absolute atomic E-state index is 12.0. The van der Waals surface area contributed by atoms with Gasteiger partial charge in [-0.3, -0.25) is 4.79 Å². The highest BCUT2D eigenvalue weighted by Crippen LogP contribution is 2.21. The van der Waals surface area contributed by atoms with Gasteiger partial charge in [0, 0.05) is 27.2 Å². The SMILES string of the molecule is O=C(NCCSc1ccc(Cl)cc1)c1cc(Cl)ccc1Cl. The first-order valence-corrected chi connectivity index (χ1v) is 8.30. The lowest BCUT2D eigenvalue weighted by Crippen LogP contribution is -2.26. The molecule has 0 aliphatic heterocycles. The van der Waals surface area contributed by atoms with Gasteiger partial charge in [0.15, 0.2) is 0 Å². The second-order valence-electron chi connectivity index (χ2n) is 4.18. The van der Waals surface area contributed by atoms with Gasteiger partial charge in [0.2, 0.25) is 0 Å². The van der Waals surface area contributed by atoms with Crippen LogP contribution in [-0.4, -0.2) is 18.2 Å². The standard InChI is InChI=1S/C15H12Cl3NOS/c16-10-1-4-12(5-2-10)21-8-7-19-15(20)13-9-11(17)3-6-14(13)18/h1-6,9H,7-8H2,(H,19,20). The molecule has 0 bridgehead atoms. The predicted octanol–water partition coefficient (Wildman–Crippen LogP) is 5.17. The average Bonchev–Trinajstić information content (AvgIpc) is 2.47. The molecule has 110 valence electrons. The number of hydrogen-bond acceptors (Lipinski definition) is 2. The first-order valence-electron chi connectivity index (χ1n) is 6.18. The van der Waals surface area contributed by atoms with E-state index in [4.69, 9.17) is 34.8 Å². The second-order valence-corrected chi connectivity index (χ2v) is 6.63. The Kier molecular flexibility index (Phi) is 6.24. The van der Waals surface area contributed by atoms with Crippen molar-refractivity contribution < 1.29 is 4.79 Å². The molecule has 0 atom stereocenters. The van der Waals surface area contributed by atoms with E-state index in [-0.39, 0.29) is 5.91 Å². The summed E-state index contributed by atoms with van der Waals surface area (Å²) >= 11 is 19.3. The molecule has 0 radical (unpaired) electrons. The zero-order valence-electron chi connectivity index (χ0n) is 10.9. The van der Waals surface area contributed by atoms with Gasteiger partial charge in [0.05, 0.1) is 10.6 Å². The van der Waals surface area contributed by atoms with Crippen LogP contribution in [0.5, 0.6) is 0 Å². The molecular weight excluding hydrogens is 349 g/mol. The highest BCUT2D eigenvalue weighted by molar-refractivity contribution is 7.99. The molecular formula is C15H12Cl3NOS. The van der Waals surface area contributed by atoms with E-state index in [1.807, 2.05) is 24.3 Å². The molecule has 2 aromatic carbocycles. The summed E-state index contributed by atoms with van der Waals surface area (Å²) in [5.74, 6) is 0.533. The average molecular weight is 361 g/mol. The number of rotatable bonds is 5. The lowest BCUT2D eigenvalue weighted by molar-refractivity contribution is 0.0956. The molecule has 0 aliphatic carbocycles. The smallest absolute Gasteiger partial charge is 0.252 e. The first-order chi connectivity index (χ1) is 10.1. The zero-order valence-corrected chi connectivity index (χ0v) is 14.0. The van der Waals surface area contributed by atoms with Gasteiger partial charge in [-0.15, -0.1) is 11.8 Å². The highest BCUT2D eigenvalue weighted by atomic mass is 35.5. The molecule has 2 rings (SSSR count). The third-order valence-corrected chi connectivity index (χ3v) is 4.47. The highest BCUT2D eigenvalue weighted by Gasteiger charge is 2.10. The number of nitrogens with one attached hydrogen (secondary N) is 1. The zero-order chi connectivity index (χ0) is 15.2. The number of thioether (sulfide) groups is 1. The van der Waals surface area contributed by atoms with Crippen LogP contribution in [0.1, 0.15) is 10.4 Å². The van der Waals surface area contributed by atoms with Gasteiger partial charge in [-0.25, -0.2) is 0 Å². The van der Waals surface area contributed by atoms with Gasteiger partial charge >= 0.3 is 0 Å². The number of benzene rings is 2. The Hall–Kier alpha value is -0.870. The van der Waals surface area contributed by atoms with Gasteiger partial charge in [-0.05, 0) is 42.5 Å². The number of halogens is 3. The Labute approximate surface area is 142 Å². The summed E-state index contributed by atoms with van der Waals surface area (Å²) in [5.41, 5.74) is 0.389. The summed E-state index contributed by atoms with van der Waals surface area (Å²) in [6.07, 6.45) is 0. The molecule has 2 nitrogen and oxygen atoms in total. The van der Waals surface area contributed by atoms with E-state index in [0.717, 1.165) is 10.6 Å². The van der Waals surface area contributed by atoms with Crippen LogP contribution < -0.4 is 5.32 Å². The van der Waals surface area contributed by atoms with E-state index < -0.39 is 0 Å². The summed E-state index contributed by atoms with van der Waals surface area (Å²) in [6.45, 7) is 0.537. The van der Waals surface area contributed by atoms with Crippen molar-refractivity contribution >= 4 is 52.5 Å². The molecule has 0 aromatic heterocycles. The van der Waals surface area contributed by atoms with Crippen molar-refractivity contribution in [3.63, 3.8) is 0 Å². The first kappa shape index (κ1) is 16.5. The quantitative estimate of drug-likeness (QED) is 0.589. The van der Waals surface area contributed by atoms with Crippen LogP contribution in [0.15, 0.2) is 47.4 Å². The predicted molar refractivity (Wildman–Crippen MR) is 91.0 cm³/mol. The Morgan fingerprint density at radius 3 is 2.38 bits per heavy atom. The van der Waals surface area contributed by atoms with Crippen LogP contribution in [0.2, 0.25) is 15.1 Å². The molecule has 0 fully saturated rings. The van der Waals surface area contributed by atoms with Crippen LogP contribution in [-0.2, 0) is 0 Å². The fourth-order valence-electron chi connectivity index (χ4n) is 1.63.